The van der Waals surface area contributed by atoms with Crippen LogP contribution in [0.25, 0.3) is 0 Å². The molecular weight excluding hydrogens is 266 g/mol. The van der Waals surface area contributed by atoms with Gasteiger partial charge in [0.1, 0.15) is 12.2 Å². The van der Waals surface area contributed by atoms with Crippen molar-refractivity contribution in [1.29, 1.82) is 5.26 Å². The smallest absolute Gasteiger partial charge is 0.238 e. The summed E-state index contributed by atoms with van der Waals surface area (Å²) in [5.41, 5.74) is 0.963. The first-order chi connectivity index (χ1) is 10.1. The Morgan fingerprint density at radius 3 is 2.71 bits per heavy atom. The summed E-state index contributed by atoms with van der Waals surface area (Å²) in [6.07, 6.45) is 1.97. The number of carbonyl (C=O) groups is 1. The zero-order valence-corrected chi connectivity index (χ0v) is 12.0. The Bertz CT molecular complexity index is 644. The number of nitriles is 1. The van der Waals surface area contributed by atoms with Gasteiger partial charge in [-0.3, -0.25) is 4.79 Å². The number of aryl methyl sites for hydroxylation is 1. The molecule has 0 aliphatic carbocycles. The molecule has 0 saturated heterocycles. The van der Waals surface area contributed by atoms with Gasteiger partial charge in [0.15, 0.2) is 5.82 Å². The number of nitrogens with zero attached hydrogens (tertiary/aromatic N) is 4. The summed E-state index contributed by atoms with van der Waals surface area (Å²) >= 11 is 0. The maximum absolute atomic E-state index is 12.2. The fourth-order valence-corrected chi connectivity index (χ4v) is 2.11. The summed E-state index contributed by atoms with van der Waals surface area (Å²) in [5, 5.41) is 19.8. The van der Waals surface area contributed by atoms with Gasteiger partial charge in [0.05, 0.1) is 12.1 Å². The lowest BCUT2D eigenvalue weighted by atomic mass is 9.99. The quantitative estimate of drug-likeness (QED) is 0.898. The van der Waals surface area contributed by atoms with Crippen LogP contribution in [0.4, 0.5) is 0 Å². The topological polar surface area (TPSA) is 83.6 Å². The molecule has 2 unspecified atom stereocenters. The van der Waals surface area contributed by atoms with E-state index >= 15 is 0 Å². The first-order valence-corrected chi connectivity index (χ1v) is 6.69. The Balaban J connectivity index is 2.01. The van der Waals surface area contributed by atoms with Crippen LogP contribution in [0.5, 0.6) is 0 Å². The fraction of sp³-hybridized carbons (Fsp3) is 0.333. The number of aromatic nitrogens is 3. The van der Waals surface area contributed by atoms with Crippen molar-refractivity contribution in [2.75, 3.05) is 0 Å². The van der Waals surface area contributed by atoms with E-state index in [2.05, 4.69) is 21.6 Å². The van der Waals surface area contributed by atoms with Crippen LogP contribution < -0.4 is 5.32 Å². The van der Waals surface area contributed by atoms with Crippen molar-refractivity contribution < 1.29 is 4.79 Å². The second-order valence-corrected chi connectivity index (χ2v) is 4.90. The van der Waals surface area contributed by atoms with Crippen molar-refractivity contribution >= 4 is 5.91 Å². The van der Waals surface area contributed by atoms with E-state index in [0.717, 1.165) is 5.56 Å². The van der Waals surface area contributed by atoms with E-state index in [1.54, 1.807) is 10.9 Å². The summed E-state index contributed by atoms with van der Waals surface area (Å²) in [4.78, 5) is 12.2. The molecule has 0 saturated carbocycles. The van der Waals surface area contributed by atoms with Gasteiger partial charge < -0.3 is 9.88 Å². The Labute approximate surface area is 123 Å². The number of rotatable bonds is 5. The van der Waals surface area contributed by atoms with Crippen LogP contribution in [0.2, 0.25) is 0 Å². The predicted molar refractivity (Wildman–Crippen MR) is 76.8 cm³/mol. The minimum atomic E-state index is -0.719. The standard InChI is InChI=1S/C15H17N5O/c1-11(14-19-17-10-20(14)2)18-15(21)13(9-16)8-12-6-4-3-5-7-12/h3-7,10-11,13H,8H2,1-2H3,(H,18,21). The highest BCUT2D eigenvalue weighted by Crippen LogP contribution is 2.12. The number of amides is 1. The van der Waals surface area contributed by atoms with Gasteiger partial charge in [0, 0.05) is 7.05 Å². The molecule has 6 nitrogen and oxygen atoms in total. The third-order valence-electron chi connectivity index (χ3n) is 3.25. The number of benzene rings is 1. The van der Waals surface area contributed by atoms with Crippen LogP contribution >= 0.6 is 0 Å². The van der Waals surface area contributed by atoms with Gasteiger partial charge in [-0.05, 0) is 18.9 Å². The van der Waals surface area contributed by atoms with E-state index in [1.807, 2.05) is 44.3 Å². The normalized spacial score (nSPS) is 13.2. The summed E-state index contributed by atoms with van der Waals surface area (Å²) < 4.78 is 1.74. The largest absolute Gasteiger partial charge is 0.345 e. The first kappa shape index (κ1) is 14.7. The average molecular weight is 283 g/mol. The molecule has 21 heavy (non-hydrogen) atoms. The van der Waals surface area contributed by atoms with Crippen LogP contribution in [0, 0.1) is 17.2 Å². The molecule has 0 radical (unpaired) electrons. The molecule has 0 spiro atoms. The van der Waals surface area contributed by atoms with E-state index in [4.69, 9.17) is 0 Å². The van der Waals surface area contributed by atoms with E-state index in [-0.39, 0.29) is 11.9 Å². The Hall–Kier alpha value is -2.68. The highest BCUT2D eigenvalue weighted by molar-refractivity contribution is 5.81. The molecule has 0 fully saturated rings. The molecule has 1 heterocycles. The van der Waals surface area contributed by atoms with Crippen molar-refractivity contribution in [2.24, 2.45) is 13.0 Å². The van der Waals surface area contributed by atoms with Gasteiger partial charge in [-0.15, -0.1) is 10.2 Å². The lowest BCUT2D eigenvalue weighted by Gasteiger charge is -2.15. The second kappa shape index (κ2) is 6.66. The molecule has 1 amide bonds. The Kier molecular flexibility index (Phi) is 4.67. The predicted octanol–water partition coefficient (Wildman–Crippen LogP) is 1.37. The third kappa shape index (κ3) is 3.66. The molecule has 1 N–H and O–H groups in total. The summed E-state index contributed by atoms with van der Waals surface area (Å²) in [6, 6.07) is 11.3. The minimum absolute atomic E-state index is 0.295. The van der Waals surface area contributed by atoms with Crippen molar-refractivity contribution in [1.82, 2.24) is 20.1 Å². The van der Waals surface area contributed by atoms with Crippen LogP contribution in [-0.4, -0.2) is 20.7 Å². The lowest BCUT2D eigenvalue weighted by molar-refractivity contribution is -0.124. The van der Waals surface area contributed by atoms with Gasteiger partial charge >= 0.3 is 0 Å². The van der Waals surface area contributed by atoms with Gasteiger partial charge in [0.2, 0.25) is 5.91 Å². The minimum Gasteiger partial charge on any atom is -0.345 e. The molecule has 0 aliphatic heterocycles. The summed E-state index contributed by atoms with van der Waals surface area (Å²) in [6.45, 7) is 1.82. The van der Waals surface area contributed by atoms with Crippen LogP contribution in [0.1, 0.15) is 24.4 Å². The summed E-state index contributed by atoms with van der Waals surface area (Å²) in [7, 11) is 1.81. The maximum Gasteiger partial charge on any atom is 0.238 e. The molecular formula is C15H17N5O. The highest BCUT2D eigenvalue weighted by atomic mass is 16.1. The Morgan fingerprint density at radius 1 is 1.43 bits per heavy atom. The third-order valence-corrected chi connectivity index (χ3v) is 3.25. The molecule has 2 rings (SSSR count). The number of hydrogen-bond donors (Lipinski definition) is 1. The van der Waals surface area contributed by atoms with Gasteiger partial charge in [-0.1, -0.05) is 30.3 Å². The molecule has 0 aliphatic rings. The van der Waals surface area contributed by atoms with Gasteiger partial charge in [-0.2, -0.15) is 5.26 Å². The Morgan fingerprint density at radius 2 is 2.14 bits per heavy atom. The van der Waals surface area contributed by atoms with Crippen molar-refractivity contribution in [3.63, 3.8) is 0 Å². The van der Waals surface area contributed by atoms with E-state index < -0.39 is 5.92 Å². The molecule has 108 valence electrons. The number of carbonyl (C=O) groups excluding carboxylic acids is 1. The highest BCUT2D eigenvalue weighted by Gasteiger charge is 2.22. The number of hydrogen-bond acceptors (Lipinski definition) is 4. The molecule has 0 bridgehead atoms. The van der Waals surface area contributed by atoms with E-state index in [1.165, 1.54) is 0 Å². The van der Waals surface area contributed by atoms with Crippen LogP contribution in [0.3, 0.4) is 0 Å². The first-order valence-electron chi connectivity index (χ1n) is 6.69. The number of nitrogens with one attached hydrogen (secondary N) is 1. The van der Waals surface area contributed by atoms with Crippen molar-refractivity contribution in [2.45, 2.75) is 19.4 Å². The summed E-state index contributed by atoms with van der Waals surface area (Å²) in [5.74, 6) is -0.361. The maximum atomic E-state index is 12.2. The second-order valence-electron chi connectivity index (χ2n) is 4.90. The molecule has 1 aromatic heterocycles. The van der Waals surface area contributed by atoms with Crippen LogP contribution in [0.15, 0.2) is 36.7 Å². The van der Waals surface area contributed by atoms with E-state index in [0.29, 0.717) is 12.2 Å². The molecule has 2 aromatic rings. The van der Waals surface area contributed by atoms with Gasteiger partial charge in [0.25, 0.3) is 0 Å². The molecule has 2 atom stereocenters. The zero-order chi connectivity index (χ0) is 15.2. The van der Waals surface area contributed by atoms with Crippen molar-refractivity contribution in [3.05, 3.63) is 48.0 Å². The fourth-order valence-electron chi connectivity index (χ4n) is 2.11. The average Bonchev–Trinajstić information content (AvgIpc) is 2.92. The zero-order valence-electron chi connectivity index (χ0n) is 12.0. The van der Waals surface area contributed by atoms with E-state index in [9.17, 15) is 10.1 Å². The molecule has 6 heteroatoms. The molecule has 1 aromatic carbocycles. The SMILES string of the molecule is CC(NC(=O)C(C#N)Cc1ccccc1)c1nncn1C. The van der Waals surface area contributed by atoms with Crippen LogP contribution in [-0.2, 0) is 18.3 Å². The lowest BCUT2D eigenvalue weighted by Crippen LogP contribution is -2.34. The van der Waals surface area contributed by atoms with Crippen molar-refractivity contribution in [3.8, 4) is 6.07 Å². The monoisotopic (exact) mass is 283 g/mol. The van der Waals surface area contributed by atoms with Gasteiger partial charge in [-0.25, -0.2) is 0 Å².